The molecule has 98 valence electrons. The Hall–Kier alpha value is -0.650. The molecule has 0 radical (unpaired) electrons. The van der Waals surface area contributed by atoms with Gasteiger partial charge in [-0.05, 0) is 25.9 Å². The molecule has 2 heterocycles. The molecule has 5 nitrogen and oxygen atoms in total. The van der Waals surface area contributed by atoms with Gasteiger partial charge >= 0.3 is 0 Å². The number of aliphatic hydroxyl groups is 1. The van der Waals surface area contributed by atoms with Gasteiger partial charge in [-0.15, -0.1) is 0 Å². The van der Waals surface area contributed by atoms with Gasteiger partial charge in [0, 0.05) is 39.1 Å². The van der Waals surface area contributed by atoms with Crippen molar-refractivity contribution in [2.75, 3.05) is 39.3 Å². The third-order valence-corrected chi connectivity index (χ3v) is 3.91. The Morgan fingerprint density at radius 3 is 2.47 bits per heavy atom. The Labute approximate surface area is 103 Å². The second kappa shape index (κ2) is 5.80. The van der Waals surface area contributed by atoms with Crippen LogP contribution >= 0.6 is 0 Å². The zero-order valence-corrected chi connectivity index (χ0v) is 10.6. The molecule has 0 bridgehead atoms. The van der Waals surface area contributed by atoms with E-state index in [2.05, 4.69) is 10.2 Å². The highest BCUT2D eigenvalue weighted by molar-refractivity contribution is 5.73. The van der Waals surface area contributed by atoms with Crippen LogP contribution in [0.1, 0.15) is 19.8 Å². The van der Waals surface area contributed by atoms with Crippen molar-refractivity contribution < 1.29 is 9.90 Å². The molecule has 2 atom stereocenters. The number of hydrogen-bond donors (Lipinski definition) is 2. The van der Waals surface area contributed by atoms with E-state index in [1.165, 1.54) is 0 Å². The fourth-order valence-corrected chi connectivity index (χ4v) is 2.80. The highest BCUT2D eigenvalue weighted by Crippen LogP contribution is 2.16. The number of carbonyl (C=O) groups is 1. The number of piperazine rings is 1. The van der Waals surface area contributed by atoms with Crippen LogP contribution < -0.4 is 5.32 Å². The lowest BCUT2D eigenvalue weighted by Gasteiger charge is -2.40. The smallest absolute Gasteiger partial charge is 0.219 e. The molecule has 0 unspecified atom stereocenters. The topological polar surface area (TPSA) is 55.8 Å². The molecular formula is C12H23N3O2. The first-order valence-electron chi connectivity index (χ1n) is 6.57. The van der Waals surface area contributed by atoms with Gasteiger partial charge in [0.15, 0.2) is 0 Å². The van der Waals surface area contributed by atoms with Crippen molar-refractivity contribution in [2.24, 2.45) is 0 Å². The van der Waals surface area contributed by atoms with E-state index in [-0.39, 0.29) is 18.1 Å². The average Bonchev–Trinajstić information content (AvgIpc) is 2.54. The fourth-order valence-electron chi connectivity index (χ4n) is 2.80. The lowest BCUT2D eigenvalue weighted by molar-refractivity contribution is -0.131. The van der Waals surface area contributed by atoms with Crippen LogP contribution in [-0.2, 0) is 4.79 Å². The summed E-state index contributed by atoms with van der Waals surface area (Å²) in [6.07, 6.45) is 1.60. The Balaban J connectivity index is 1.88. The molecule has 1 amide bonds. The predicted octanol–water partition coefficient (Wildman–Crippen LogP) is -0.737. The van der Waals surface area contributed by atoms with Gasteiger partial charge in [0.1, 0.15) is 0 Å². The van der Waals surface area contributed by atoms with Crippen molar-refractivity contribution in [3.05, 3.63) is 0 Å². The normalized spacial score (nSPS) is 32.2. The van der Waals surface area contributed by atoms with Crippen LogP contribution in [-0.4, -0.2) is 72.2 Å². The molecule has 2 rings (SSSR count). The van der Waals surface area contributed by atoms with E-state index >= 15 is 0 Å². The van der Waals surface area contributed by atoms with Crippen LogP contribution in [0, 0.1) is 0 Å². The first-order chi connectivity index (χ1) is 8.18. The Bertz CT molecular complexity index is 264. The van der Waals surface area contributed by atoms with Crippen LogP contribution in [0.2, 0.25) is 0 Å². The van der Waals surface area contributed by atoms with E-state index in [0.29, 0.717) is 0 Å². The number of nitrogens with one attached hydrogen (secondary N) is 1. The Morgan fingerprint density at radius 2 is 1.82 bits per heavy atom. The second-order valence-corrected chi connectivity index (χ2v) is 5.00. The van der Waals surface area contributed by atoms with Crippen molar-refractivity contribution in [3.8, 4) is 0 Å². The van der Waals surface area contributed by atoms with Gasteiger partial charge < -0.3 is 15.3 Å². The molecule has 0 saturated carbocycles. The first-order valence-corrected chi connectivity index (χ1v) is 6.57. The molecule has 2 aliphatic heterocycles. The summed E-state index contributed by atoms with van der Waals surface area (Å²) in [6.45, 7) is 6.89. The maximum Gasteiger partial charge on any atom is 0.219 e. The van der Waals surface area contributed by atoms with Crippen molar-refractivity contribution in [2.45, 2.75) is 31.9 Å². The molecule has 0 aromatic carbocycles. The largest absolute Gasteiger partial charge is 0.391 e. The molecular weight excluding hydrogens is 218 g/mol. The van der Waals surface area contributed by atoms with E-state index in [1.54, 1.807) is 6.92 Å². The van der Waals surface area contributed by atoms with E-state index in [4.69, 9.17) is 0 Å². The van der Waals surface area contributed by atoms with E-state index in [9.17, 15) is 9.90 Å². The van der Waals surface area contributed by atoms with E-state index in [1.807, 2.05) is 4.90 Å². The lowest BCUT2D eigenvalue weighted by atomic mass is 10.0. The number of hydrogen-bond acceptors (Lipinski definition) is 4. The van der Waals surface area contributed by atoms with Gasteiger partial charge in [0.25, 0.3) is 0 Å². The lowest BCUT2D eigenvalue weighted by Crippen LogP contribution is -2.54. The third kappa shape index (κ3) is 3.18. The van der Waals surface area contributed by atoms with Gasteiger partial charge in [0.05, 0.1) is 6.10 Å². The highest BCUT2D eigenvalue weighted by atomic mass is 16.3. The van der Waals surface area contributed by atoms with Gasteiger partial charge in [-0.25, -0.2) is 0 Å². The third-order valence-electron chi connectivity index (χ3n) is 3.91. The number of carbonyl (C=O) groups excluding carboxylic acids is 1. The molecule has 17 heavy (non-hydrogen) atoms. The standard InChI is InChI=1S/C12H23N3O2/c1-10(16)14-6-8-15(9-7-14)11-2-4-13-5-3-12(11)17/h11-13,17H,2-9H2,1H3/t11-,12-/m0/s1. The van der Waals surface area contributed by atoms with E-state index in [0.717, 1.165) is 52.1 Å². The number of amides is 1. The van der Waals surface area contributed by atoms with Gasteiger partial charge in [-0.2, -0.15) is 0 Å². The maximum absolute atomic E-state index is 11.2. The summed E-state index contributed by atoms with van der Waals surface area (Å²) >= 11 is 0. The quantitative estimate of drug-likeness (QED) is 0.635. The summed E-state index contributed by atoms with van der Waals surface area (Å²) in [5, 5.41) is 13.4. The second-order valence-electron chi connectivity index (χ2n) is 5.00. The summed E-state index contributed by atoms with van der Waals surface area (Å²) in [4.78, 5) is 15.5. The molecule has 2 aliphatic rings. The molecule has 2 fully saturated rings. The molecule has 2 N–H and O–H groups in total. The summed E-state index contributed by atoms with van der Waals surface area (Å²) in [5.74, 6) is 0.160. The van der Waals surface area contributed by atoms with Crippen LogP contribution in [0.15, 0.2) is 0 Å². The molecule has 0 aliphatic carbocycles. The summed E-state index contributed by atoms with van der Waals surface area (Å²) < 4.78 is 0. The van der Waals surface area contributed by atoms with Crippen molar-refractivity contribution >= 4 is 5.91 Å². The Kier molecular flexibility index (Phi) is 4.36. The zero-order chi connectivity index (χ0) is 12.3. The molecule has 0 spiro atoms. The molecule has 0 aromatic heterocycles. The predicted molar refractivity (Wildman–Crippen MR) is 65.7 cm³/mol. The van der Waals surface area contributed by atoms with Crippen LogP contribution in [0.25, 0.3) is 0 Å². The number of rotatable bonds is 1. The van der Waals surface area contributed by atoms with Crippen molar-refractivity contribution in [3.63, 3.8) is 0 Å². The number of nitrogens with zero attached hydrogens (tertiary/aromatic N) is 2. The zero-order valence-electron chi connectivity index (χ0n) is 10.6. The summed E-state index contributed by atoms with van der Waals surface area (Å²) in [5.41, 5.74) is 0. The van der Waals surface area contributed by atoms with Crippen molar-refractivity contribution in [1.29, 1.82) is 0 Å². The first kappa shape index (κ1) is 12.8. The van der Waals surface area contributed by atoms with Gasteiger partial charge in [0.2, 0.25) is 5.91 Å². The van der Waals surface area contributed by atoms with Crippen LogP contribution in [0.5, 0.6) is 0 Å². The molecule has 0 aromatic rings. The van der Waals surface area contributed by atoms with Gasteiger partial charge in [-0.3, -0.25) is 9.69 Å². The minimum atomic E-state index is -0.228. The monoisotopic (exact) mass is 241 g/mol. The van der Waals surface area contributed by atoms with Crippen LogP contribution in [0.4, 0.5) is 0 Å². The fraction of sp³-hybridized carbons (Fsp3) is 0.917. The van der Waals surface area contributed by atoms with Gasteiger partial charge in [-0.1, -0.05) is 0 Å². The van der Waals surface area contributed by atoms with E-state index < -0.39 is 0 Å². The minimum Gasteiger partial charge on any atom is -0.391 e. The Morgan fingerprint density at radius 1 is 1.18 bits per heavy atom. The molecule has 2 saturated heterocycles. The number of aliphatic hydroxyl groups excluding tert-OH is 1. The highest BCUT2D eigenvalue weighted by Gasteiger charge is 2.30. The minimum absolute atomic E-state index is 0.160. The molecule has 5 heteroatoms. The summed E-state index contributed by atoms with van der Waals surface area (Å²) in [6, 6.07) is 0.263. The van der Waals surface area contributed by atoms with Crippen LogP contribution in [0.3, 0.4) is 0 Å². The summed E-state index contributed by atoms with van der Waals surface area (Å²) in [7, 11) is 0. The average molecular weight is 241 g/mol. The maximum atomic E-state index is 11.2. The van der Waals surface area contributed by atoms with Crippen molar-refractivity contribution in [1.82, 2.24) is 15.1 Å². The SMILES string of the molecule is CC(=O)N1CCN([C@H]2CCNCC[C@@H]2O)CC1.